The van der Waals surface area contributed by atoms with Gasteiger partial charge in [0.2, 0.25) is 0 Å². The summed E-state index contributed by atoms with van der Waals surface area (Å²) in [4.78, 5) is 5.43. The summed E-state index contributed by atoms with van der Waals surface area (Å²) < 4.78 is 8.57. The summed E-state index contributed by atoms with van der Waals surface area (Å²) in [6, 6.07) is 61.7. The molecule has 8 aromatic carbocycles. The maximum absolute atomic E-state index is 6.13. The summed E-state index contributed by atoms with van der Waals surface area (Å²) in [5, 5.41) is 8.24. The van der Waals surface area contributed by atoms with E-state index >= 15 is 0 Å². The molecule has 0 spiro atoms. The molecule has 0 unspecified atom stereocenters. The van der Waals surface area contributed by atoms with Crippen molar-refractivity contribution in [1.29, 1.82) is 0 Å². The Balaban J connectivity index is 1.07. The van der Waals surface area contributed by atoms with Gasteiger partial charge in [-0.3, -0.25) is 0 Å². The lowest BCUT2D eigenvalue weighted by atomic mass is 9.82. The molecule has 0 fully saturated rings. The SMILES string of the molecule is CC1(C)c2ccccc2-c2cc3c4cc(-c5nc6ccc(-c7ccc8oc9ccccc9c8c7)cc6c6ccccc56)ccc4n(-c4ccccc4)c3cc21. The van der Waals surface area contributed by atoms with Crippen LogP contribution in [0, 0.1) is 0 Å². The lowest BCUT2D eigenvalue weighted by Crippen LogP contribution is -2.14. The first-order chi connectivity index (χ1) is 27.0. The Labute approximate surface area is 317 Å². The molecule has 3 heterocycles. The van der Waals surface area contributed by atoms with E-state index in [1.807, 2.05) is 12.1 Å². The summed E-state index contributed by atoms with van der Waals surface area (Å²) in [7, 11) is 0. The quantitative estimate of drug-likeness (QED) is 0.172. The van der Waals surface area contributed by atoms with E-state index in [4.69, 9.17) is 9.40 Å². The monoisotopic (exact) mass is 702 g/mol. The van der Waals surface area contributed by atoms with Crippen molar-refractivity contribution in [3.8, 4) is 39.2 Å². The molecule has 3 aromatic heterocycles. The lowest BCUT2D eigenvalue weighted by molar-refractivity contribution is 0.661. The second-order valence-corrected chi connectivity index (χ2v) is 15.5. The zero-order chi connectivity index (χ0) is 36.4. The number of hydrogen-bond acceptors (Lipinski definition) is 2. The van der Waals surface area contributed by atoms with Crippen molar-refractivity contribution in [1.82, 2.24) is 9.55 Å². The molecule has 55 heavy (non-hydrogen) atoms. The van der Waals surface area contributed by atoms with Crippen LogP contribution in [-0.4, -0.2) is 9.55 Å². The molecule has 0 N–H and O–H groups in total. The van der Waals surface area contributed by atoms with Crippen LogP contribution < -0.4 is 0 Å². The summed E-state index contributed by atoms with van der Waals surface area (Å²) in [6.07, 6.45) is 0. The predicted molar refractivity (Wildman–Crippen MR) is 229 cm³/mol. The van der Waals surface area contributed by atoms with Crippen molar-refractivity contribution in [2.75, 3.05) is 0 Å². The summed E-state index contributed by atoms with van der Waals surface area (Å²) in [5.74, 6) is 0. The second kappa shape index (κ2) is 11.0. The number of rotatable bonds is 3. The van der Waals surface area contributed by atoms with Crippen molar-refractivity contribution in [2.24, 2.45) is 0 Å². The van der Waals surface area contributed by atoms with E-state index < -0.39 is 0 Å². The Morgan fingerprint density at radius 2 is 1.09 bits per heavy atom. The average Bonchev–Trinajstić information content (AvgIpc) is 3.84. The van der Waals surface area contributed by atoms with Crippen molar-refractivity contribution < 1.29 is 4.42 Å². The van der Waals surface area contributed by atoms with Gasteiger partial charge in [-0.25, -0.2) is 4.98 Å². The molecule has 0 saturated carbocycles. The molecule has 1 aliphatic rings. The Kier molecular flexibility index (Phi) is 6.12. The molecule has 0 atom stereocenters. The van der Waals surface area contributed by atoms with Gasteiger partial charge in [0.05, 0.1) is 22.2 Å². The topological polar surface area (TPSA) is 31.0 Å². The van der Waals surface area contributed by atoms with E-state index in [0.29, 0.717) is 0 Å². The van der Waals surface area contributed by atoms with Gasteiger partial charge >= 0.3 is 0 Å². The molecule has 12 rings (SSSR count). The first kappa shape index (κ1) is 30.5. The minimum absolute atomic E-state index is 0.0859. The fraction of sp³-hybridized carbons (Fsp3) is 0.0577. The normalized spacial score (nSPS) is 13.4. The highest BCUT2D eigenvalue weighted by Gasteiger charge is 2.36. The number of aromatic nitrogens is 2. The zero-order valence-electron chi connectivity index (χ0n) is 30.5. The van der Waals surface area contributed by atoms with Gasteiger partial charge in [0.15, 0.2) is 0 Å². The van der Waals surface area contributed by atoms with Crippen LogP contribution in [0.4, 0.5) is 0 Å². The van der Waals surface area contributed by atoms with Gasteiger partial charge in [-0.2, -0.15) is 0 Å². The molecule has 3 nitrogen and oxygen atoms in total. The van der Waals surface area contributed by atoms with Gasteiger partial charge in [0, 0.05) is 49.0 Å². The highest BCUT2D eigenvalue weighted by molar-refractivity contribution is 6.16. The van der Waals surface area contributed by atoms with Gasteiger partial charge in [0.1, 0.15) is 11.2 Å². The van der Waals surface area contributed by atoms with Gasteiger partial charge < -0.3 is 8.98 Å². The lowest BCUT2D eigenvalue weighted by Gasteiger charge is -2.21. The first-order valence-corrected chi connectivity index (χ1v) is 19.0. The number of fused-ring (bicyclic) bond motifs is 12. The Bertz CT molecular complexity index is 3400. The Morgan fingerprint density at radius 1 is 0.436 bits per heavy atom. The highest BCUT2D eigenvalue weighted by Crippen LogP contribution is 2.51. The van der Waals surface area contributed by atoms with Crippen LogP contribution in [0.25, 0.3) is 105 Å². The van der Waals surface area contributed by atoms with E-state index in [0.717, 1.165) is 66.3 Å². The first-order valence-electron chi connectivity index (χ1n) is 19.0. The van der Waals surface area contributed by atoms with Crippen LogP contribution in [0.15, 0.2) is 174 Å². The van der Waals surface area contributed by atoms with Crippen LogP contribution >= 0.6 is 0 Å². The van der Waals surface area contributed by atoms with Crippen LogP contribution in [-0.2, 0) is 5.41 Å². The van der Waals surface area contributed by atoms with Gasteiger partial charge in [-0.05, 0) is 105 Å². The van der Waals surface area contributed by atoms with Crippen molar-refractivity contribution >= 4 is 65.4 Å². The van der Waals surface area contributed by atoms with Gasteiger partial charge in [0.25, 0.3) is 0 Å². The van der Waals surface area contributed by atoms with Crippen molar-refractivity contribution in [3.63, 3.8) is 0 Å². The van der Waals surface area contributed by atoms with E-state index in [-0.39, 0.29) is 5.41 Å². The van der Waals surface area contributed by atoms with Crippen LogP contribution in [0.1, 0.15) is 25.0 Å². The third-order valence-electron chi connectivity index (χ3n) is 12.2. The maximum Gasteiger partial charge on any atom is 0.135 e. The van der Waals surface area contributed by atoms with E-state index in [1.54, 1.807) is 0 Å². The van der Waals surface area contributed by atoms with Gasteiger partial charge in [-0.15, -0.1) is 0 Å². The molecular formula is C52H34N2O. The third kappa shape index (κ3) is 4.29. The average molecular weight is 703 g/mol. The fourth-order valence-electron chi connectivity index (χ4n) is 9.48. The predicted octanol–water partition coefficient (Wildman–Crippen LogP) is 14.0. The molecule has 258 valence electrons. The minimum atomic E-state index is -0.0859. The number of para-hydroxylation sites is 2. The van der Waals surface area contributed by atoms with Crippen LogP contribution in [0.5, 0.6) is 0 Å². The second-order valence-electron chi connectivity index (χ2n) is 15.5. The Morgan fingerprint density at radius 3 is 1.96 bits per heavy atom. The fourth-order valence-corrected chi connectivity index (χ4v) is 9.48. The molecule has 0 saturated heterocycles. The maximum atomic E-state index is 6.13. The van der Waals surface area contributed by atoms with Crippen LogP contribution in [0.3, 0.4) is 0 Å². The summed E-state index contributed by atoms with van der Waals surface area (Å²) in [6.45, 7) is 4.72. The van der Waals surface area contributed by atoms with Gasteiger partial charge in [-0.1, -0.05) is 117 Å². The zero-order valence-corrected chi connectivity index (χ0v) is 30.5. The molecule has 0 amide bonds. The molecule has 0 aliphatic heterocycles. The molecule has 0 radical (unpaired) electrons. The summed E-state index contributed by atoms with van der Waals surface area (Å²) in [5.41, 5.74) is 16.1. The smallest absolute Gasteiger partial charge is 0.135 e. The van der Waals surface area contributed by atoms with Crippen molar-refractivity contribution in [2.45, 2.75) is 19.3 Å². The minimum Gasteiger partial charge on any atom is -0.456 e. The highest BCUT2D eigenvalue weighted by atomic mass is 16.3. The molecule has 1 aliphatic carbocycles. The summed E-state index contributed by atoms with van der Waals surface area (Å²) >= 11 is 0. The number of furan rings is 1. The van der Waals surface area contributed by atoms with Crippen LogP contribution in [0.2, 0.25) is 0 Å². The largest absolute Gasteiger partial charge is 0.456 e. The molecule has 3 heteroatoms. The molecule has 0 bridgehead atoms. The molecule has 11 aromatic rings. The van der Waals surface area contributed by atoms with E-state index in [9.17, 15) is 0 Å². The Hall–Kier alpha value is -6.97. The number of benzene rings is 8. The third-order valence-corrected chi connectivity index (χ3v) is 12.2. The molecular weight excluding hydrogens is 669 g/mol. The number of pyridine rings is 1. The van der Waals surface area contributed by atoms with E-state index in [2.05, 4.69) is 176 Å². The standard InChI is InChI=1S/C52H34N2O/c1-52(2)44-18-10-8-15-36(44)39-29-42-41-28-33(21-24-47(41)54(48(42)30-45(39)52)34-12-4-3-5-13-34)51-38-17-7-6-14-35(38)40-26-31(20-23-46(40)53-51)32-22-25-50-43(27-32)37-16-9-11-19-49(37)55-50/h3-30H,1-2H3. The van der Waals surface area contributed by atoms with E-state index in [1.165, 1.54) is 49.4 Å². The number of nitrogens with zero attached hydrogens (tertiary/aromatic N) is 2. The number of hydrogen-bond donors (Lipinski definition) is 0. The van der Waals surface area contributed by atoms with Crippen molar-refractivity contribution in [3.05, 3.63) is 181 Å².